The Morgan fingerprint density at radius 1 is 1.27 bits per heavy atom. The Bertz CT molecular complexity index is 807. The van der Waals surface area contributed by atoms with Crippen LogP contribution >= 0.6 is 0 Å². The van der Waals surface area contributed by atoms with Crippen molar-refractivity contribution in [3.05, 3.63) is 35.4 Å². The number of phenolic OH excluding ortho intramolecular Hbond substituents is 1. The summed E-state index contributed by atoms with van der Waals surface area (Å²) >= 11 is 0. The molecule has 0 radical (unpaired) electrons. The molecule has 2 bridgehead atoms. The van der Waals surface area contributed by atoms with Gasteiger partial charge in [0.05, 0.1) is 11.0 Å². The van der Waals surface area contributed by atoms with Gasteiger partial charge < -0.3 is 27.4 Å². The maximum Gasteiger partial charge on any atom is 0.166 e. The number of hydrogen-bond donors (Lipinski definition) is 2. The molecule has 26 heavy (non-hydrogen) atoms. The first-order chi connectivity index (χ1) is 12.0. The molecule has 5 heteroatoms. The number of hydrogen-bond acceptors (Lipinski definition) is 4. The van der Waals surface area contributed by atoms with Gasteiger partial charge in [0, 0.05) is 18.2 Å². The van der Waals surface area contributed by atoms with Gasteiger partial charge in [-0.25, -0.2) is 0 Å². The number of ether oxygens (including phenoxy) is 1. The van der Waals surface area contributed by atoms with Crippen LogP contribution in [0.1, 0.15) is 43.2 Å². The molecule has 2 heterocycles. The van der Waals surface area contributed by atoms with E-state index in [1.807, 2.05) is 6.07 Å². The van der Waals surface area contributed by atoms with Gasteiger partial charge in [-0.1, -0.05) is 12.6 Å². The number of rotatable bonds is 2. The molecule has 1 aromatic carbocycles. The SMILES string of the molecule is C=C1CC[C@@]2(O)[C@H]3Cc4ccc(O)c5c4[C@@]2(CCN3CC2CC2)[C@H]1O5.[Cl-]. The zero-order chi connectivity index (χ0) is 17.0. The van der Waals surface area contributed by atoms with Crippen molar-refractivity contribution < 1.29 is 27.4 Å². The molecule has 1 saturated heterocycles. The van der Waals surface area contributed by atoms with Crippen molar-refractivity contribution in [1.82, 2.24) is 4.90 Å². The van der Waals surface area contributed by atoms with E-state index >= 15 is 0 Å². The van der Waals surface area contributed by atoms with E-state index in [1.54, 1.807) is 6.07 Å². The van der Waals surface area contributed by atoms with Crippen LogP contribution in [0.25, 0.3) is 0 Å². The third kappa shape index (κ3) is 1.78. The van der Waals surface area contributed by atoms with E-state index in [0.717, 1.165) is 55.8 Å². The average Bonchev–Trinajstić information content (AvgIpc) is 3.32. The molecule has 0 aromatic heterocycles. The quantitative estimate of drug-likeness (QED) is 0.686. The second-order valence-electron chi connectivity index (χ2n) is 8.91. The summed E-state index contributed by atoms with van der Waals surface area (Å²) in [6, 6.07) is 3.96. The molecule has 1 aromatic rings. The number of piperidine rings is 1. The maximum atomic E-state index is 12.1. The summed E-state index contributed by atoms with van der Waals surface area (Å²) in [7, 11) is 0. The smallest absolute Gasteiger partial charge is 0.166 e. The number of halogens is 1. The van der Waals surface area contributed by atoms with Gasteiger partial charge in [0.1, 0.15) is 6.10 Å². The molecular weight excluding hydrogens is 350 g/mol. The van der Waals surface area contributed by atoms with Crippen LogP contribution in [0, 0.1) is 5.92 Å². The number of aliphatic hydroxyl groups is 1. The zero-order valence-corrected chi connectivity index (χ0v) is 15.6. The van der Waals surface area contributed by atoms with Crippen LogP contribution in [-0.2, 0) is 11.8 Å². The van der Waals surface area contributed by atoms with Crippen molar-refractivity contribution in [1.29, 1.82) is 0 Å². The third-order valence-corrected chi connectivity index (χ3v) is 7.71. The van der Waals surface area contributed by atoms with Crippen molar-refractivity contribution in [3.63, 3.8) is 0 Å². The van der Waals surface area contributed by atoms with Crippen molar-refractivity contribution >= 4 is 0 Å². The van der Waals surface area contributed by atoms with Crippen molar-refractivity contribution in [3.8, 4) is 11.5 Å². The van der Waals surface area contributed by atoms with Crippen LogP contribution in [0.15, 0.2) is 24.3 Å². The zero-order valence-electron chi connectivity index (χ0n) is 14.9. The minimum atomic E-state index is -0.780. The van der Waals surface area contributed by atoms with Gasteiger partial charge in [0.2, 0.25) is 0 Å². The lowest BCUT2D eigenvalue weighted by Crippen LogP contribution is -3.00. The summed E-state index contributed by atoms with van der Waals surface area (Å²) in [5.74, 6) is 1.64. The van der Waals surface area contributed by atoms with Gasteiger partial charge in [-0.3, -0.25) is 4.90 Å². The number of aromatic hydroxyl groups is 1. The van der Waals surface area contributed by atoms with Gasteiger partial charge in [-0.15, -0.1) is 0 Å². The summed E-state index contributed by atoms with van der Waals surface area (Å²) in [5, 5.41) is 22.5. The fourth-order valence-electron chi connectivity index (χ4n) is 6.39. The molecular formula is C21H25ClNO3-. The van der Waals surface area contributed by atoms with E-state index < -0.39 is 11.0 Å². The lowest BCUT2D eigenvalue weighted by molar-refractivity contribution is -0.174. The lowest BCUT2D eigenvalue weighted by atomic mass is 9.48. The van der Waals surface area contributed by atoms with Gasteiger partial charge in [-0.05, 0) is 68.2 Å². The van der Waals surface area contributed by atoms with E-state index in [1.165, 1.54) is 18.4 Å². The highest BCUT2D eigenvalue weighted by atomic mass is 35.5. The summed E-state index contributed by atoms with van der Waals surface area (Å²) in [6.07, 6.45) is 5.79. The minimum Gasteiger partial charge on any atom is -1.00 e. The Labute approximate surface area is 160 Å². The van der Waals surface area contributed by atoms with E-state index in [-0.39, 0.29) is 30.3 Å². The number of likely N-dealkylation sites (tertiary alicyclic amines) is 1. The molecule has 4 atom stereocenters. The molecule has 1 spiro atoms. The normalized spacial score (nSPS) is 39.8. The Hall–Kier alpha value is -1.23. The average molecular weight is 375 g/mol. The fraction of sp³-hybridized carbons (Fsp3) is 0.619. The summed E-state index contributed by atoms with van der Waals surface area (Å²) in [4.78, 5) is 2.56. The monoisotopic (exact) mass is 374 g/mol. The van der Waals surface area contributed by atoms with Crippen LogP contribution in [0.3, 0.4) is 0 Å². The van der Waals surface area contributed by atoms with Crippen molar-refractivity contribution in [2.45, 2.75) is 61.7 Å². The first-order valence-corrected chi connectivity index (χ1v) is 9.71. The van der Waals surface area contributed by atoms with Gasteiger partial charge in [0.25, 0.3) is 0 Å². The van der Waals surface area contributed by atoms with Crippen LogP contribution in [-0.4, -0.2) is 45.9 Å². The van der Waals surface area contributed by atoms with Crippen LogP contribution in [0.5, 0.6) is 11.5 Å². The van der Waals surface area contributed by atoms with E-state index in [2.05, 4.69) is 11.5 Å². The van der Waals surface area contributed by atoms with Crippen molar-refractivity contribution in [2.24, 2.45) is 5.92 Å². The molecule has 2 saturated carbocycles. The largest absolute Gasteiger partial charge is 1.00 e. The second kappa shape index (κ2) is 5.18. The maximum absolute atomic E-state index is 12.1. The van der Waals surface area contributed by atoms with Gasteiger partial charge >= 0.3 is 0 Å². The van der Waals surface area contributed by atoms with Gasteiger partial charge in [-0.2, -0.15) is 0 Å². The topological polar surface area (TPSA) is 52.9 Å². The molecule has 0 amide bonds. The highest BCUT2D eigenvalue weighted by molar-refractivity contribution is 5.63. The Morgan fingerprint density at radius 3 is 2.85 bits per heavy atom. The first-order valence-electron chi connectivity index (χ1n) is 9.71. The van der Waals surface area contributed by atoms with E-state index in [4.69, 9.17) is 4.74 Å². The Kier molecular flexibility index (Phi) is 3.37. The molecule has 2 N–H and O–H groups in total. The number of phenols is 1. The second-order valence-corrected chi connectivity index (χ2v) is 8.91. The van der Waals surface area contributed by atoms with Crippen LogP contribution in [0.2, 0.25) is 0 Å². The Morgan fingerprint density at radius 2 is 2.08 bits per heavy atom. The molecule has 3 aliphatic carbocycles. The van der Waals surface area contributed by atoms with E-state index in [0.29, 0.717) is 5.75 Å². The first kappa shape index (κ1) is 16.9. The summed E-state index contributed by atoms with van der Waals surface area (Å²) in [5.41, 5.74) is 2.21. The third-order valence-electron chi connectivity index (χ3n) is 7.71. The highest BCUT2D eigenvalue weighted by Gasteiger charge is 2.71. The molecule has 4 nitrogen and oxygen atoms in total. The standard InChI is InChI=1S/C21H25NO3.ClH/c1-12-6-7-21(24)16-10-14-4-5-15(23)18-17(14)20(21,19(12)25-18)8-9-22(16)11-13-2-3-13;/h4-5,13,16,19,23-24H,1-3,6-11H2;1H/p-1/t16-,19+,20+,21-;/m1./s1. The number of benzene rings is 1. The Balaban J connectivity index is 0.00000150. The predicted octanol–water partition coefficient (Wildman–Crippen LogP) is -0.483. The number of nitrogens with zero attached hydrogens (tertiary/aromatic N) is 1. The summed E-state index contributed by atoms with van der Waals surface area (Å²) < 4.78 is 6.29. The van der Waals surface area contributed by atoms with Crippen LogP contribution < -0.4 is 17.1 Å². The molecule has 2 aliphatic heterocycles. The molecule has 6 rings (SSSR count). The van der Waals surface area contributed by atoms with Crippen molar-refractivity contribution in [2.75, 3.05) is 13.1 Å². The molecule has 5 aliphatic rings. The van der Waals surface area contributed by atoms with Gasteiger partial charge in [0.15, 0.2) is 11.5 Å². The molecule has 140 valence electrons. The fourth-order valence-corrected chi connectivity index (χ4v) is 6.39. The minimum absolute atomic E-state index is 0. The lowest BCUT2D eigenvalue weighted by Gasteiger charge is -2.63. The summed E-state index contributed by atoms with van der Waals surface area (Å²) in [6.45, 7) is 6.40. The highest BCUT2D eigenvalue weighted by Crippen LogP contribution is 2.66. The predicted molar refractivity (Wildman–Crippen MR) is 93.9 cm³/mol. The molecule has 3 fully saturated rings. The molecule has 0 unspecified atom stereocenters. The van der Waals surface area contributed by atoms with E-state index in [9.17, 15) is 10.2 Å². The van der Waals surface area contributed by atoms with Crippen LogP contribution in [0.4, 0.5) is 0 Å².